The molecule has 20 heavy (non-hydrogen) atoms. The van der Waals surface area contributed by atoms with Gasteiger partial charge in [0.1, 0.15) is 5.75 Å². The van der Waals surface area contributed by atoms with E-state index in [0.29, 0.717) is 17.1 Å². The SMILES string of the molecule is COc1cc(C(=O)c2cnc(C(F)(F)F)s2)ccc1C. The standard InChI is InChI=1S/C13H10F3NO2S/c1-7-3-4-8(5-9(7)19-2)11(18)10-6-17-12(20-10)13(14,15)16/h3-6H,1-2H3. The number of thiazole rings is 1. The second kappa shape index (κ2) is 5.24. The molecule has 0 bridgehead atoms. The molecule has 0 aliphatic heterocycles. The molecule has 1 heterocycles. The van der Waals surface area contributed by atoms with Crippen molar-refractivity contribution in [1.82, 2.24) is 4.98 Å². The van der Waals surface area contributed by atoms with Crippen molar-refractivity contribution in [2.45, 2.75) is 13.1 Å². The van der Waals surface area contributed by atoms with Crippen LogP contribution in [-0.2, 0) is 6.18 Å². The number of hydrogen-bond donors (Lipinski definition) is 0. The van der Waals surface area contributed by atoms with Gasteiger partial charge in [-0.2, -0.15) is 13.2 Å². The van der Waals surface area contributed by atoms with Crippen LogP contribution in [0, 0.1) is 6.92 Å². The number of hydrogen-bond acceptors (Lipinski definition) is 4. The van der Waals surface area contributed by atoms with Crippen LogP contribution in [0.25, 0.3) is 0 Å². The Morgan fingerprint density at radius 3 is 2.60 bits per heavy atom. The summed E-state index contributed by atoms with van der Waals surface area (Å²) in [5.41, 5.74) is 1.11. The maximum atomic E-state index is 12.5. The van der Waals surface area contributed by atoms with E-state index in [1.54, 1.807) is 12.1 Å². The van der Waals surface area contributed by atoms with Gasteiger partial charge in [-0.05, 0) is 18.6 Å². The van der Waals surface area contributed by atoms with Gasteiger partial charge >= 0.3 is 6.18 Å². The van der Waals surface area contributed by atoms with Crippen molar-refractivity contribution in [3.8, 4) is 5.75 Å². The lowest BCUT2D eigenvalue weighted by Crippen LogP contribution is -2.03. The van der Waals surface area contributed by atoms with Crippen molar-refractivity contribution in [3.05, 3.63) is 45.4 Å². The normalized spacial score (nSPS) is 11.4. The van der Waals surface area contributed by atoms with Gasteiger partial charge < -0.3 is 4.74 Å². The van der Waals surface area contributed by atoms with E-state index in [9.17, 15) is 18.0 Å². The third kappa shape index (κ3) is 2.82. The summed E-state index contributed by atoms with van der Waals surface area (Å²) in [6.07, 6.45) is -3.59. The molecule has 1 aromatic heterocycles. The second-order valence-corrected chi connectivity index (χ2v) is 5.07. The molecule has 0 fully saturated rings. The summed E-state index contributed by atoms with van der Waals surface area (Å²) in [5, 5.41) is -1.03. The van der Waals surface area contributed by atoms with Crippen molar-refractivity contribution in [2.24, 2.45) is 0 Å². The first-order chi connectivity index (χ1) is 9.32. The van der Waals surface area contributed by atoms with Crippen LogP contribution < -0.4 is 4.74 Å². The molecule has 7 heteroatoms. The highest BCUT2D eigenvalue weighted by Gasteiger charge is 2.35. The number of aromatic nitrogens is 1. The van der Waals surface area contributed by atoms with E-state index < -0.39 is 17.0 Å². The summed E-state index contributed by atoms with van der Waals surface area (Å²) in [5.74, 6) is 0.00714. The molecule has 0 radical (unpaired) electrons. The van der Waals surface area contributed by atoms with Crippen molar-refractivity contribution >= 4 is 17.1 Å². The van der Waals surface area contributed by atoms with E-state index >= 15 is 0 Å². The minimum Gasteiger partial charge on any atom is -0.496 e. The third-order valence-corrected chi connectivity index (χ3v) is 3.68. The molecule has 2 rings (SSSR count). The number of halogens is 3. The summed E-state index contributed by atoms with van der Waals surface area (Å²) in [6.45, 7) is 1.81. The molecule has 0 saturated heterocycles. The number of alkyl halides is 3. The summed E-state index contributed by atoms with van der Waals surface area (Å²) in [6, 6.07) is 4.73. The summed E-state index contributed by atoms with van der Waals surface area (Å²) >= 11 is 0.334. The van der Waals surface area contributed by atoms with Crippen LogP contribution in [0.4, 0.5) is 13.2 Å². The maximum absolute atomic E-state index is 12.5. The largest absolute Gasteiger partial charge is 0.496 e. The molecule has 106 valence electrons. The number of methoxy groups -OCH3 is 1. The van der Waals surface area contributed by atoms with E-state index in [1.807, 2.05) is 6.92 Å². The topological polar surface area (TPSA) is 39.2 Å². The average Bonchev–Trinajstić information content (AvgIpc) is 2.88. The van der Waals surface area contributed by atoms with Crippen molar-refractivity contribution in [3.63, 3.8) is 0 Å². The zero-order valence-electron chi connectivity index (χ0n) is 10.6. The number of ether oxygens (including phenoxy) is 1. The lowest BCUT2D eigenvalue weighted by Gasteiger charge is -2.06. The maximum Gasteiger partial charge on any atom is 0.443 e. The predicted octanol–water partition coefficient (Wildman–Crippen LogP) is 3.71. The van der Waals surface area contributed by atoms with Crippen LogP contribution in [0.15, 0.2) is 24.4 Å². The molecule has 0 atom stereocenters. The molecule has 3 nitrogen and oxygen atoms in total. The average molecular weight is 301 g/mol. The van der Waals surface area contributed by atoms with Crippen LogP contribution in [0.2, 0.25) is 0 Å². The van der Waals surface area contributed by atoms with Crippen LogP contribution in [0.1, 0.15) is 25.8 Å². The number of nitrogens with zero attached hydrogens (tertiary/aromatic N) is 1. The van der Waals surface area contributed by atoms with Gasteiger partial charge in [0.2, 0.25) is 5.78 Å². The fourth-order valence-corrected chi connectivity index (χ4v) is 2.36. The van der Waals surface area contributed by atoms with Gasteiger partial charge in [0, 0.05) is 11.8 Å². The second-order valence-electron chi connectivity index (χ2n) is 4.04. The Morgan fingerprint density at radius 1 is 1.35 bits per heavy atom. The highest BCUT2D eigenvalue weighted by atomic mass is 32.1. The molecule has 0 spiro atoms. The quantitative estimate of drug-likeness (QED) is 0.811. The zero-order valence-corrected chi connectivity index (χ0v) is 11.4. The first-order valence-corrected chi connectivity index (χ1v) is 6.37. The molecule has 0 aliphatic carbocycles. The minimum absolute atomic E-state index is 0.0526. The fourth-order valence-electron chi connectivity index (χ4n) is 1.61. The number of carbonyl (C=O) groups is 1. The van der Waals surface area contributed by atoms with Gasteiger partial charge in [-0.25, -0.2) is 4.98 Å². The van der Waals surface area contributed by atoms with Crippen molar-refractivity contribution < 1.29 is 22.7 Å². The van der Waals surface area contributed by atoms with E-state index in [4.69, 9.17) is 4.74 Å². The molecule has 0 unspecified atom stereocenters. The Labute approximate surface area is 117 Å². The molecule has 2 aromatic rings. The first-order valence-electron chi connectivity index (χ1n) is 5.55. The number of benzene rings is 1. The van der Waals surface area contributed by atoms with E-state index in [0.717, 1.165) is 11.8 Å². The lowest BCUT2D eigenvalue weighted by atomic mass is 10.1. The van der Waals surface area contributed by atoms with Crippen LogP contribution in [-0.4, -0.2) is 17.9 Å². The van der Waals surface area contributed by atoms with Gasteiger partial charge in [0.25, 0.3) is 0 Å². The Kier molecular flexibility index (Phi) is 3.80. The Morgan fingerprint density at radius 2 is 2.05 bits per heavy atom. The van der Waals surface area contributed by atoms with Crippen molar-refractivity contribution in [1.29, 1.82) is 0 Å². The van der Waals surface area contributed by atoms with Gasteiger partial charge in [-0.15, -0.1) is 11.3 Å². The van der Waals surface area contributed by atoms with Gasteiger partial charge in [0.05, 0.1) is 12.0 Å². The Hall–Kier alpha value is -1.89. The predicted molar refractivity (Wildman–Crippen MR) is 68.3 cm³/mol. The van der Waals surface area contributed by atoms with Crippen LogP contribution >= 0.6 is 11.3 Å². The molecule has 0 saturated carbocycles. The summed E-state index contributed by atoms with van der Waals surface area (Å²) in [4.78, 5) is 15.3. The molecular weight excluding hydrogens is 291 g/mol. The summed E-state index contributed by atoms with van der Waals surface area (Å²) < 4.78 is 42.5. The molecule has 0 amide bonds. The fraction of sp³-hybridized carbons (Fsp3) is 0.231. The molecule has 1 aromatic carbocycles. The van der Waals surface area contributed by atoms with E-state index in [2.05, 4.69) is 4.98 Å². The number of ketones is 1. The van der Waals surface area contributed by atoms with Gasteiger partial charge in [0.15, 0.2) is 5.01 Å². The van der Waals surface area contributed by atoms with E-state index in [1.165, 1.54) is 13.2 Å². The zero-order chi connectivity index (χ0) is 14.9. The number of rotatable bonds is 3. The molecule has 0 aliphatic rings. The number of aryl methyl sites for hydroxylation is 1. The van der Waals surface area contributed by atoms with Crippen molar-refractivity contribution in [2.75, 3.05) is 7.11 Å². The smallest absolute Gasteiger partial charge is 0.443 e. The monoisotopic (exact) mass is 301 g/mol. The summed E-state index contributed by atoms with van der Waals surface area (Å²) in [7, 11) is 1.46. The Bertz CT molecular complexity index is 649. The van der Waals surface area contributed by atoms with Crippen LogP contribution in [0.5, 0.6) is 5.75 Å². The minimum atomic E-state index is -4.53. The van der Waals surface area contributed by atoms with Gasteiger partial charge in [-0.1, -0.05) is 12.1 Å². The third-order valence-electron chi connectivity index (χ3n) is 2.64. The molecular formula is C13H10F3NO2S. The Balaban J connectivity index is 2.34. The molecule has 0 N–H and O–H groups in total. The van der Waals surface area contributed by atoms with Gasteiger partial charge in [-0.3, -0.25) is 4.79 Å². The highest BCUT2D eigenvalue weighted by molar-refractivity contribution is 7.13. The van der Waals surface area contributed by atoms with E-state index in [-0.39, 0.29) is 10.4 Å². The lowest BCUT2D eigenvalue weighted by molar-refractivity contribution is -0.137. The highest BCUT2D eigenvalue weighted by Crippen LogP contribution is 2.33. The van der Waals surface area contributed by atoms with Crippen LogP contribution in [0.3, 0.4) is 0 Å². The first kappa shape index (κ1) is 14.5. The number of carbonyl (C=O) groups excluding carboxylic acids is 1.